The summed E-state index contributed by atoms with van der Waals surface area (Å²) in [6, 6.07) is 8.41. The lowest BCUT2D eigenvalue weighted by Crippen LogP contribution is -2.63. The Morgan fingerprint density at radius 1 is 1.23 bits per heavy atom. The van der Waals surface area contributed by atoms with Gasteiger partial charge >= 0.3 is 0 Å². The van der Waals surface area contributed by atoms with Crippen LogP contribution in [0.1, 0.15) is 51.5 Å². The Bertz CT molecular complexity index is 884. The summed E-state index contributed by atoms with van der Waals surface area (Å²) in [5.41, 5.74) is 1.62. The van der Waals surface area contributed by atoms with E-state index in [0.717, 1.165) is 17.9 Å². The lowest BCUT2D eigenvalue weighted by atomic mass is 9.48. The van der Waals surface area contributed by atoms with Crippen LogP contribution in [0.15, 0.2) is 36.4 Å². The number of nitrogens with zero attached hydrogens (tertiary/aromatic N) is 1. The second-order valence-electron chi connectivity index (χ2n) is 11.1. The Morgan fingerprint density at radius 2 is 2.03 bits per heavy atom. The van der Waals surface area contributed by atoms with E-state index in [1.165, 1.54) is 24.8 Å². The first-order valence-corrected chi connectivity index (χ1v) is 12.0. The number of fused-ring (bicyclic) bond motifs is 5. The molecule has 3 saturated carbocycles. The molecular formula is C26H34ClNO2. The van der Waals surface area contributed by atoms with Crippen molar-refractivity contribution in [3.8, 4) is 0 Å². The Hall–Kier alpha value is -1.32. The van der Waals surface area contributed by atoms with Crippen molar-refractivity contribution < 1.29 is 9.90 Å². The highest BCUT2D eigenvalue weighted by molar-refractivity contribution is 6.30. The first-order valence-electron chi connectivity index (χ1n) is 11.6. The first-order chi connectivity index (χ1) is 14.2. The van der Waals surface area contributed by atoms with E-state index >= 15 is 0 Å². The zero-order valence-electron chi connectivity index (χ0n) is 18.4. The molecule has 0 bridgehead atoms. The molecule has 30 heavy (non-hydrogen) atoms. The van der Waals surface area contributed by atoms with Crippen LogP contribution < -0.4 is 0 Å². The fraction of sp³-hybridized carbons (Fsp3) is 0.654. The number of likely N-dealkylation sites (N-methyl/N-ethyl adjacent to an activating group) is 1. The molecule has 1 aromatic rings. The summed E-state index contributed by atoms with van der Waals surface area (Å²) < 4.78 is 0. The van der Waals surface area contributed by atoms with E-state index < -0.39 is 0 Å². The minimum Gasteiger partial charge on any atom is -0.393 e. The molecule has 162 valence electrons. The molecular weight excluding hydrogens is 394 g/mol. The van der Waals surface area contributed by atoms with Crippen molar-refractivity contribution in [1.82, 2.24) is 4.90 Å². The number of carbonyl (C=O) groups excluding carboxylic acids is 1. The van der Waals surface area contributed by atoms with E-state index in [1.54, 1.807) is 6.08 Å². The standard InChI is InChI=1S/C26H34ClNO2/c1-25-9-7-19-24(21(29)14-22-26(19,2)10-8-23(30)28(22)3)20(25)13-17(15-25)11-16-5-4-6-18(27)12-16/h4-6,8,10,12,17,19-22,24,29H,7,9,11,13-15H2,1-3H3/t17-,19+,20+,21+,22-,24-,25-,26-/m1/s1. The predicted octanol–water partition coefficient (Wildman–Crippen LogP) is 5.11. The van der Waals surface area contributed by atoms with E-state index in [9.17, 15) is 9.90 Å². The maximum Gasteiger partial charge on any atom is 0.246 e. The molecule has 1 aliphatic heterocycles. The van der Waals surface area contributed by atoms with Crippen molar-refractivity contribution >= 4 is 17.5 Å². The topological polar surface area (TPSA) is 40.5 Å². The third kappa shape index (κ3) is 3.07. The number of hydrogen-bond donors (Lipinski definition) is 1. The van der Waals surface area contributed by atoms with Gasteiger partial charge in [-0.2, -0.15) is 0 Å². The molecule has 8 atom stereocenters. The number of hydrogen-bond acceptors (Lipinski definition) is 2. The summed E-state index contributed by atoms with van der Waals surface area (Å²) in [5, 5.41) is 12.2. The Balaban J connectivity index is 1.42. The molecule has 0 aromatic heterocycles. The summed E-state index contributed by atoms with van der Waals surface area (Å²) in [6.07, 6.45) is 10.2. The van der Waals surface area contributed by atoms with E-state index in [2.05, 4.69) is 38.1 Å². The predicted molar refractivity (Wildman–Crippen MR) is 120 cm³/mol. The Labute approximate surface area is 185 Å². The summed E-state index contributed by atoms with van der Waals surface area (Å²) >= 11 is 6.22. The summed E-state index contributed by atoms with van der Waals surface area (Å²) in [7, 11) is 1.91. The number of carbonyl (C=O) groups is 1. The third-order valence-corrected chi connectivity index (χ3v) is 9.67. The van der Waals surface area contributed by atoms with Crippen LogP contribution in [0.3, 0.4) is 0 Å². The minimum atomic E-state index is -0.315. The van der Waals surface area contributed by atoms with Gasteiger partial charge in [0.15, 0.2) is 0 Å². The molecule has 4 aliphatic rings. The number of amides is 1. The summed E-state index contributed by atoms with van der Waals surface area (Å²) in [6.45, 7) is 4.81. The molecule has 1 N–H and O–H groups in total. The Kier molecular flexibility index (Phi) is 4.87. The van der Waals surface area contributed by atoms with Gasteiger partial charge in [0.25, 0.3) is 0 Å². The lowest BCUT2D eigenvalue weighted by molar-refractivity contribution is -0.154. The highest BCUT2D eigenvalue weighted by Crippen LogP contribution is 2.65. The normalized spacial score (nSPS) is 45.1. The van der Waals surface area contributed by atoms with Gasteiger partial charge in [0.1, 0.15) is 0 Å². The molecule has 3 aliphatic carbocycles. The second-order valence-corrected chi connectivity index (χ2v) is 11.5. The summed E-state index contributed by atoms with van der Waals surface area (Å²) in [4.78, 5) is 14.2. The molecule has 1 aromatic carbocycles. The van der Waals surface area contributed by atoms with E-state index in [-0.39, 0.29) is 23.5 Å². The smallest absolute Gasteiger partial charge is 0.246 e. The van der Waals surface area contributed by atoms with Crippen LogP contribution in [0.2, 0.25) is 5.02 Å². The van der Waals surface area contributed by atoms with Gasteiger partial charge < -0.3 is 10.0 Å². The van der Waals surface area contributed by atoms with Crippen LogP contribution in [-0.2, 0) is 11.2 Å². The fourth-order valence-corrected chi connectivity index (χ4v) is 8.25. The third-order valence-electron chi connectivity index (χ3n) is 9.43. The maximum atomic E-state index is 12.3. The average Bonchev–Trinajstić information content (AvgIpc) is 3.02. The average molecular weight is 428 g/mol. The zero-order valence-corrected chi connectivity index (χ0v) is 19.1. The van der Waals surface area contributed by atoms with Crippen LogP contribution in [0.25, 0.3) is 0 Å². The van der Waals surface area contributed by atoms with Crippen LogP contribution >= 0.6 is 11.6 Å². The molecule has 0 unspecified atom stereocenters. The van der Waals surface area contributed by atoms with Crippen LogP contribution in [0.4, 0.5) is 0 Å². The van der Waals surface area contributed by atoms with Gasteiger partial charge in [0, 0.05) is 23.5 Å². The molecule has 0 spiro atoms. The van der Waals surface area contributed by atoms with Gasteiger partial charge in [-0.15, -0.1) is 0 Å². The van der Waals surface area contributed by atoms with Crippen LogP contribution in [0.5, 0.6) is 0 Å². The molecule has 4 heteroatoms. The van der Waals surface area contributed by atoms with Crippen molar-refractivity contribution in [2.75, 3.05) is 7.05 Å². The Morgan fingerprint density at radius 3 is 2.80 bits per heavy atom. The van der Waals surface area contributed by atoms with Crippen molar-refractivity contribution in [3.05, 3.63) is 47.0 Å². The molecule has 3 nitrogen and oxygen atoms in total. The quantitative estimate of drug-likeness (QED) is 0.712. The van der Waals surface area contributed by atoms with Gasteiger partial charge in [-0.25, -0.2) is 0 Å². The highest BCUT2D eigenvalue weighted by Gasteiger charge is 2.61. The van der Waals surface area contributed by atoms with Gasteiger partial charge in [-0.05, 0) is 91.4 Å². The zero-order chi connectivity index (χ0) is 21.3. The van der Waals surface area contributed by atoms with Gasteiger partial charge in [0.2, 0.25) is 5.91 Å². The molecule has 0 radical (unpaired) electrons. The number of rotatable bonds is 2. The van der Waals surface area contributed by atoms with Crippen LogP contribution in [-0.4, -0.2) is 35.1 Å². The number of halogens is 1. The van der Waals surface area contributed by atoms with Gasteiger partial charge in [-0.3, -0.25) is 4.79 Å². The van der Waals surface area contributed by atoms with Crippen molar-refractivity contribution in [1.29, 1.82) is 0 Å². The maximum absolute atomic E-state index is 12.3. The highest BCUT2D eigenvalue weighted by atomic mass is 35.5. The van der Waals surface area contributed by atoms with E-state index in [1.807, 2.05) is 18.0 Å². The van der Waals surface area contributed by atoms with Crippen LogP contribution in [0, 0.1) is 34.5 Å². The van der Waals surface area contributed by atoms with Gasteiger partial charge in [0.05, 0.1) is 6.10 Å². The number of aliphatic hydroxyl groups excluding tert-OH is 1. The largest absolute Gasteiger partial charge is 0.393 e. The van der Waals surface area contributed by atoms with Crippen molar-refractivity contribution in [2.24, 2.45) is 34.5 Å². The molecule has 1 amide bonds. The van der Waals surface area contributed by atoms with Gasteiger partial charge in [-0.1, -0.05) is 43.7 Å². The first kappa shape index (κ1) is 20.6. The SMILES string of the molecule is CN1C(=O)C=C[C@]2(C)[C@H]3CC[C@]4(C)C[C@H](Cc5cccc(Cl)c5)C[C@H]4[C@@H]3[C@@H](O)C[C@@H]12. The number of aliphatic hydroxyl groups is 1. The minimum absolute atomic E-state index is 0.0288. The molecule has 1 heterocycles. The van der Waals surface area contributed by atoms with E-state index in [0.29, 0.717) is 35.5 Å². The van der Waals surface area contributed by atoms with Crippen molar-refractivity contribution in [3.63, 3.8) is 0 Å². The fourth-order valence-electron chi connectivity index (χ4n) is 8.04. The molecule has 3 fully saturated rings. The van der Waals surface area contributed by atoms with E-state index in [4.69, 9.17) is 11.6 Å². The summed E-state index contributed by atoms with van der Waals surface area (Å²) in [5.74, 6) is 2.07. The second kappa shape index (κ2) is 7.10. The van der Waals surface area contributed by atoms with Crippen molar-refractivity contribution in [2.45, 2.75) is 64.5 Å². The number of benzene rings is 1. The molecule has 0 saturated heterocycles. The molecule has 5 rings (SSSR count). The monoisotopic (exact) mass is 427 g/mol. The lowest BCUT2D eigenvalue weighted by Gasteiger charge is -2.61.